The van der Waals surface area contributed by atoms with E-state index in [0.717, 1.165) is 27.1 Å². The SMILES string of the molecule is COC(=O)Cn1ccc2cc(-c3ccc(Cl)cc3)ccc21. The number of carbonyl (C=O) groups is 1. The molecule has 0 amide bonds. The lowest BCUT2D eigenvalue weighted by molar-refractivity contribution is -0.141. The van der Waals surface area contributed by atoms with Gasteiger partial charge in [-0.05, 0) is 41.5 Å². The highest BCUT2D eigenvalue weighted by molar-refractivity contribution is 6.30. The molecule has 3 aromatic rings. The van der Waals surface area contributed by atoms with E-state index in [2.05, 4.69) is 6.07 Å². The zero-order chi connectivity index (χ0) is 14.8. The topological polar surface area (TPSA) is 31.2 Å². The molecule has 1 heterocycles. The maximum absolute atomic E-state index is 11.4. The summed E-state index contributed by atoms with van der Waals surface area (Å²) in [6.07, 6.45) is 1.90. The van der Waals surface area contributed by atoms with Crippen molar-refractivity contribution in [1.29, 1.82) is 0 Å². The van der Waals surface area contributed by atoms with Crippen LogP contribution in [0.3, 0.4) is 0 Å². The first-order valence-corrected chi connectivity index (χ1v) is 6.97. The largest absolute Gasteiger partial charge is 0.468 e. The molecule has 2 aromatic carbocycles. The average molecular weight is 300 g/mol. The van der Waals surface area contributed by atoms with Crippen LogP contribution in [0.1, 0.15) is 0 Å². The summed E-state index contributed by atoms with van der Waals surface area (Å²) in [6.45, 7) is 0.223. The Morgan fingerprint density at radius 3 is 2.52 bits per heavy atom. The normalized spacial score (nSPS) is 10.8. The molecule has 4 heteroatoms. The third kappa shape index (κ3) is 2.78. The van der Waals surface area contributed by atoms with Gasteiger partial charge in [0, 0.05) is 22.1 Å². The second-order valence-corrected chi connectivity index (χ2v) is 5.24. The molecule has 0 atom stereocenters. The summed E-state index contributed by atoms with van der Waals surface area (Å²) in [6, 6.07) is 15.9. The fourth-order valence-electron chi connectivity index (χ4n) is 2.36. The number of nitrogens with zero attached hydrogens (tertiary/aromatic N) is 1. The molecule has 0 saturated heterocycles. The predicted octanol–water partition coefficient (Wildman–Crippen LogP) is 4.13. The number of methoxy groups -OCH3 is 1. The van der Waals surface area contributed by atoms with Crippen LogP contribution in [-0.4, -0.2) is 17.6 Å². The first kappa shape index (κ1) is 13.7. The molecule has 3 rings (SSSR count). The van der Waals surface area contributed by atoms with Crippen molar-refractivity contribution >= 4 is 28.5 Å². The van der Waals surface area contributed by atoms with Crippen LogP contribution >= 0.6 is 11.6 Å². The van der Waals surface area contributed by atoms with Crippen LogP contribution in [-0.2, 0) is 16.1 Å². The van der Waals surface area contributed by atoms with Gasteiger partial charge in [-0.25, -0.2) is 0 Å². The molecule has 0 bridgehead atoms. The summed E-state index contributed by atoms with van der Waals surface area (Å²) in [4.78, 5) is 11.4. The fraction of sp³-hybridized carbons (Fsp3) is 0.118. The maximum atomic E-state index is 11.4. The van der Waals surface area contributed by atoms with Crippen molar-refractivity contribution < 1.29 is 9.53 Å². The lowest BCUT2D eigenvalue weighted by Gasteiger charge is -2.06. The van der Waals surface area contributed by atoms with E-state index in [1.807, 2.05) is 53.2 Å². The zero-order valence-electron chi connectivity index (χ0n) is 11.5. The van der Waals surface area contributed by atoms with Gasteiger partial charge in [-0.15, -0.1) is 0 Å². The van der Waals surface area contributed by atoms with Gasteiger partial charge in [0.15, 0.2) is 0 Å². The quantitative estimate of drug-likeness (QED) is 0.681. The Labute approximate surface area is 127 Å². The Balaban J connectivity index is 1.98. The Morgan fingerprint density at radius 2 is 1.81 bits per heavy atom. The maximum Gasteiger partial charge on any atom is 0.325 e. The van der Waals surface area contributed by atoms with Crippen molar-refractivity contribution in [2.45, 2.75) is 6.54 Å². The fourth-order valence-corrected chi connectivity index (χ4v) is 2.49. The number of esters is 1. The van der Waals surface area contributed by atoms with Gasteiger partial charge in [0.2, 0.25) is 0 Å². The number of rotatable bonds is 3. The van der Waals surface area contributed by atoms with Crippen LogP contribution in [0.25, 0.3) is 22.0 Å². The Kier molecular flexibility index (Phi) is 3.67. The zero-order valence-corrected chi connectivity index (χ0v) is 12.3. The number of benzene rings is 2. The molecule has 0 unspecified atom stereocenters. The molecule has 0 radical (unpaired) electrons. The molecule has 0 N–H and O–H groups in total. The van der Waals surface area contributed by atoms with Gasteiger partial charge in [0.1, 0.15) is 6.54 Å². The van der Waals surface area contributed by atoms with E-state index < -0.39 is 0 Å². The highest BCUT2D eigenvalue weighted by Gasteiger charge is 2.07. The van der Waals surface area contributed by atoms with E-state index in [-0.39, 0.29) is 12.5 Å². The molecular weight excluding hydrogens is 286 g/mol. The van der Waals surface area contributed by atoms with E-state index in [1.165, 1.54) is 7.11 Å². The molecule has 106 valence electrons. The minimum absolute atomic E-state index is 0.223. The molecular formula is C17H14ClNO2. The second-order valence-electron chi connectivity index (χ2n) is 4.80. The predicted molar refractivity (Wildman–Crippen MR) is 84.4 cm³/mol. The molecule has 3 nitrogen and oxygen atoms in total. The van der Waals surface area contributed by atoms with E-state index in [4.69, 9.17) is 16.3 Å². The number of fused-ring (bicyclic) bond motifs is 1. The lowest BCUT2D eigenvalue weighted by Crippen LogP contribution is -2.10. The number of hydrogen-bond acceptors (Lipinski definition) is 2. The number of carbonyl (C=O) groups excluding carboxylic acids is 1. The van der Waals surface area contributed by atoms with Crippen molar-refractivity contribution in [3.63, 3.8) is 0 Å². The van der Waals surface area contributed by atoms with Gasteiger partial charge in [-0.2, -0.15) is 0 Å². The third-order valence-electron chi connectivity index (χ3n) is 3.48. The molecule has 0 aliphatic rings. The van der Waals surface area contributed by atoms with E-state index in [1.54, 1.807) is 0 Å². The van der Waals surface area contributed by atoms with Gasteiger partial charge in [0.05, 0.1) is 7.11 Å². The summed E-state index contributed by atoms with van der Waals surface area (Å²) in [5.74, 6) is -0.255. The summed E-state index contributed by atoms with van der Waals surface area (Å²) < 4.78 is 6.59. The lowest BCUT2D eigenvalue weighted by atomic mass is 10.0. The van der Waals surface area contributed by atoms with Crippen molar-refractivity contribution in [3.05, 3.63) is 59.8 Å². The van der Waals surface area contributed by atoms with Crippen LogP contribution in [0.5, 0.6) is 0 Å². The van der Waals surface area contributed by atoms with E-state index >= 15 is 0 Å². The Morgan fingerprint density at radius 1 is 1.10 bits per heavy atom. The standard InChI is InChI=1S/C17H14ClNO2/c1-21-17(20)11-19-9-8-14-10-13(4-7-16(14)19)12-2-5-15(18)6-3-12/h2-10H,11H2,1H3. The van der Waals surface area contributed by atoms with Crippen LogP contribution in [0.2, 0.25) is 5.02 Å². The first-order valence-electron chi connectivity index (χ1n) is 6.59. The van der Waals surface area contributed by atoms with Crippen LogP contribution in [0.15, 0.2) is 54.7 Å². The van der Waals surface area contributed by atoms with E-state index in [9.17, 15) is 4.79 Å². The molecule has 21 heavy (non-hydrogen) atoms. The molecule has 0 fully saturated rings. The molecule has 0 saturated carbocycles. The van der Waals surface area contributed by atoms with Crippen molar-refractivity contribution in [3.8, 4) is 11.1 Å². The van der Waals surface area contributed by atoms with Crippen molar-refractivity contribution in [2.75, 3.05) is 7.11 Å². The monoisotopic (exact) mass is 299 g/mol. The number of ether oxygens (including phenoxy) is 1. The Bertz CT molecular complexity index is 790. The minimum atomic E-state index is -0.255. The molecule has 0 aliphatic carbocycles. The third-order valence-corrected chi connectivity index (χ3v) is 3.73. The van der Waals surface area contributed by atoms with Gasteiger partial charge in [-0.1, -0.05) is 29.8 Å². The van der Waals surface area contributed by atoms with E-state index in [0.29, 0.717) is 0 Å². The summed E-state index contributed by atoms with van der Waals surface area (Å²) >= 11 is 5.91. The summed E-state index contributed by atoms with van der Waals surface area (Å²) in [7, 11) is 1.40. The highest BCUT2D eigenvalue weighted by atomic mass is 35.5. The van der Waals surface area contributed by atoms with Gasteiger partial charge < -0.3 is 9.30 Å². The number of halogens is 1. The van der Waals surface area contributed by atoms with Gasteiger partial charge in [-0.3, -0.25) is 4.79 Å². The number of aromatic nitrogens is 1. The second kappa shape index (κ2) is 5.62. The minimum Gasteiger partial charge on any atom is -0.468 e. The average Bonchev–Trinajstić information content (AvgIpc) is 2.90. The van der Waals surface area contributed by atoms with Crippen LogP contribution in [0.4, 0.5) is 0 Å². The van der Waals surface area contributed by atoms with Crippen LogP contribution in [0, 0.1) is 0 Å². The Hall–Kier alpha value is -2.26. The first-order chi connectivity index (χ1) is 10.2. The molecule has 0 spiro atoms. The van der Waals surface area contributed by atoms with Crippen molar-refractivity contribution in [1.82, 2.24) is 4.57 Å². The summed E-state index contributed by atoms with van der Waals surface area (Å²) in [5.41, 5.74) is 3.25. The highest BCUT2D eigenvalue weighted by Crippen LogP contribution is 2.26. The smallest absolute Gasteiger partial charge is 0.325 e. The number of hydrogen-bond donors (Lipinski definition) is 0. The van der Waals surface area contributed by atoms with Gasteiger partial charge in [0.25, 0.3) is 0 Å². The molecule has 0 aliphatic heterocycles. The summed E-state index contributed by atoms with van der Waals surface area (Å²) in [5, 5.41) is 1.82. The van der Waals surface area contributed by atoms with Crippen LogP contribution < -0.4 is 0 Å². The van der Waals surface area contributed by atoms with Crippen molar-refractivity contribution in [2.24, 2.45) is 0 Å². The molecule has 1 aromatic heterocycles. The van der Waals surface area contributed by atoms with Gasteiger partial charge >= 0.3 is 5.97 Å².